The summed E-state index contributed by atoms with van der Waals surface area (Å²) in [6.45, 7) is 6.38. The smallest absolute Gasteiger partial charge is 0.0572 e. The van der Waals surface area contributed by atoms with E-state index in [1.165, 1.54) is 5.56 Å². The number of rotatable bonds is 4. The third kappa shape index (κ3) is 3.36. The Morgan fingerprint density at radius 2 is 1.68 bits per heavy atom. The molecule has 0 amide bonds. The van der Waals surface area contributed by atoms with E-state index < -0.39 is 0 Å². The molecule has 0 saturated carbocycles. The fraction of sp³-hybridized carbons (Fsp3) is 0.294. The van der Waals surface area contributed by atoms with Crippen molar-refractivity contribution in [3.05, 3.63) is 65.2 Å². The SMILES string of the molecule is Cc1ccc(C(N)c2ccccc2)c(NC(C)C)c1. The fourth-order valence-corrected chi connectivity index (χ4v) is 2.22. The Morgan fingerprint density at radius 3 is 2.32 bits per heavy atom. The van der Waals surface area contributed by atoms with E-state index in [0.717, 1.165) is 16.8 Å². The van der Waals surface area contributed by atoms with Gasteiger partial charge in [-0.25, -0.2) is 0 Å². The van der Waals surface area contributed by atoms with Crippen molar-refractivity contribution in [2.75, 3.05) is 5.32 Å². The molecule has 0 fully saturated rings. The number of benzene rings is 2. The van der Waals surface area contributed by atoms with Crippen LogP contribution in [0.1, 0.15) is 36.6 Å². The Morgan fingerprint density at radius 1 is 1.00 bits per heavy atom. The van der Waals surface area contributed by atoms with E-state index in [2.05, 4.69) is 56.4 Å². The molecule has 0 radical (unpaired) electrons. The summed E-state index contributed by atoms with van der Waals surface area (Å²) in [5.41, 5.74) is 11.1. The van der Waals surface area contributed by atoms with Crippen molar-refractivity contribution in [1.29, 1.82) is 0 Å². The van der Waals surface area contributed by atoms with Crippen LogP contribution in [0.5, 0.6) is 0 Å². The lowest BCUT2D eigenvalue weighted by atomic mass is 9.96. The molecule has 1 unspecified atom stereocenters. The van der Waals surface area contributed by atoms with Gasteiger partial charge >= 0.3 is 0 Å². The summed E-state index contributed by atoms with van der Waals surface area (Å²) in [5.74, 6) is 0. The van der Waals surface area contributed by atoms with Crippen LogP contribution in [0.3, 0.4) is 0 Å². The first kappa shape index (κ1) is 13.6. The van der Waals surface area contributed by atoms with Gasteiger partial charge < -0.3 is 11.1 Å². The Balaban J connectivity index is 2.38. The topological polar surface area (TPSA) is 38.0 Å². The van der Waals surface area contributed by atoms with Crippen LogP contribution in [-0.4, -0.2) is 6.04 Å². The molecule has 0 aliphatic rings. The highest BCUT2D eigenvalue weighted by Crippen LogP contribution is 2.28. The molecule has 0 saturated heterocycles. The van der Waals surface area contributed by atoms with Gasteiger partial charge in [-0.05, 0) is 43.5 Å². The zero-order chi connectivity index (χ0) is 13.8. The molecule has 0 spiro atoms. The molecule has 100 valence electrons. The minimum atomic E-state index is -0.0944. The first-order valence-corrected chi connectivity index (χ1v) is 6.75. The molecule has 0 aliphatic carbocycles. The van der Waals surface area contributed by atoms with Crippen molar-refractivity contribution in [3.8, 4) is 0 Å². The van der Waals surface area contributed by atoms with Crippen molar-refractivity contribution < 1.29 is 0 Å². The van der Waals surface area contributed by atoms with Crippen molar-refractivity contribution in [3.63, 3.8) is 0 Å². The van der Waals surface area contributed by atoms with Crippen LogP contribution >= 0.6 is 0 Å². The number of aryl methyl sites for hydroxylation is 1. The summed E-state index contributed by atoms with van der Waals surface area (Å²) in [7, 11) is 0. The maximum atomic E-state index is 6.40. The molecule has 2 nitrogen and oxygen atoms in total. The van der Waals surface area contributed by atoms with Gasteiger partial charge in [-0.3, -0.25) is 0 Å². The lowest BCUT2D eigenvalue weighted by Crippen LogP contribution is -2.17. The Hall–Kier alpha value is -1.80. The zero-order valence-corrected chi connectivity index (χ0v) is 11.9. The average molecular weight is 254 g/mol. The molecule has 2 aromatic carbocycles. The van der Waals surface area contributed by atoms with E-state index in [9.17, 15) is 0 Å². The van der Waals surface area contributed by atoms with Crippen LogP contribution in [0.4, 0.5) is 5.69 Å². The second kappa shape index (κ2) is 5.89. The summed E-state index contributed by atoms with van der Waals surface area (Å²) < 4.78 is 0. The van der Waals surface area contributed by atoms with Crippen LogP contribution in [-0.2, 0) is 0 Å². The molecule has 0 bridgehead atoms. The molecule has 1 atom stereocenters. The summed E-state index contributed by atoms with van der Waals surface area (Å²) in [5, 5.41) is 3.48. The summed E-state index contributed by atoms with van der Waals surface area (Å²) in [4.78, 5) is 0. The standard InChI is InChI=1S/C17H22N2/c1-12(2)19-16-11-13(3)9-10-15(16)17(18)14-7-5-4-6-8-14/h4-12,17,19H,18H2,1-3H3. The van der Waals surface area contributed by atoms with E-state index >= 15 is 0 Å². The van der Waals surface area contributed by atoms with Gasteiger partial charge in [-0.2, -0.15) is 0 Å². The zero-order valence-electron chi connectivity index (χ0n) is 11.9. The van der Waals surface area contributed by atoms with Crippen molar-refractivity contribution >= 4 is 5.69 Å². The van der Waals surface area contributed by atoms with E-state index in [1.54, 1.807) is 0 Å². The van der Waals surface area contributed by atoms with Gasteiger partial charge in [0.1, 0.15) is 0 Å². The Kier molecular flexibility index (Phi) is 4.23. The van der Waals surface area contributed by atoms with Gasteiger partial charge in [0.15, 0.2) is 0 Å². The number of hydrogen-bond acceptors (Lipinski definition) is 2. The summed E-state index contributed by atoms with van der Waals surface area (Å²) in [6.07, 6.45) is 0. The van der Waals surface area contributed by atoms with Gasteiger partial charge in [-0.15, -0.1) is 0 Å². The van der Waals surface area contributed by atoms with Gasteiger partial charge in [0.25, 0.3) is 0 Å². The van der Waals surface area contributed by atoms with Crippen LogP contribution in [0.15, 0.2) is 48.5 Å². The van der Waals surface area contributed by atoms with Gasteiger partial charge in [0.2, 0.25) is 0 Å². The molecule has 2 rings (SSSR count). The second-order valence-corrected chi connectivity index (χ2v) is 5.28. The third-order valence-electron chi connectivity index (χ3n) is 3.15. The highest BCUT2D eigenvalue weighted by molar-refractivity contribution is 5.57. The predicted octanol–water partition coefficient (Wildman–Crippen LogP) is 3.86. The molecule has 2 aromatic rings. The molecular weight excluding hydrogens is 232 g/mol. The van der Waals surface area contributed by atoms with E-state index in [4.69, 9.17) is 5.73 Å². The van der Waals surface area contributed by atoms with E-state index in [-0.39, 0.29) is 6.04 Å². The molecule has 3 N–H and O–H groups in total. The maximum Gasteiger partial charge on any atom is 0.0572 e. The molecule has 19 heavy (non-hydrogen) atoms. The lowest BCUT2D eigenvalue weighted by Gasteiger charge is -2.20. The van der Waals surface area contributed by atoms with E-state index in [1.807, 2.05) is 18.2 Å². The van der Waals surface area contributed by atoms with Crippen LogP contribution in [0.2, 0.25) is 0 Å². The maximum absolute atomic E-state index is 6.40. The van der Waals surface area contributed by atoms with Gasteiger partial charge in [0.05, 0.1) is 6.04 Å². The molecular formula is C17H22N2. The summed E-state index contributed by atoms with van der Waals surface area (Å²) >= 11 is 0. The first-order valence-electron chi connectivity index (χ1n) is 6.75. The number of anilines is 1. The average Bonchev–Trinajstić information content (AvgIpc) is 2.38. The predicted molar refractivity (Wildman–Crippen MR) is 82.4 cm³/mol. The minimum absolute atomic E-state index is 0.0944. The number of nitrogens with one attached hydrogen (secondary N) is 1. The summed E-state index contributed by atoms with van der Waals surface area (Å²) in [6, 6.07) is 16.9. The molecule has 0 aromatic heterocycles. The largest absolute Gasteiger partial charge is 0.383 e. The Bertz CT molecular complexity index is 532. The van der Waals surface area contributed by atoms with Crippen molar-refractivity contribution in [2.45, 2.75) is 32.9 Å². The fourth-order valence-electron chi connectivity index (χ4n) is 2.22. The Labute approximate surface area is 115 Å². The monoisotopic (exact) mass is 254 g/mol. The van der Waals surface area contributed by atoms with Crippen molar-refractivity contribution in [2.24, 2.45) is 5.73 Å². The molecule has 0 heterocycles. The minimum Gasteiger partial charge on any atom is -0.383 e. The third-order valence-corrected chi connectivity index (χ3v) is 3.15. The molecule has 2 heteroatoms. The van der Waals surface area contributed by atoms with Crippen LogP contribution in [0, 0.1) is 6.92 Å². The van der Waals surface area contributed by atoms with Crippen LogP contribution < -0.4 is 11.1 Å². The highest BCUT2D eigenvalue weighted by Gasteiger charge is 2.13. The van der Waals surface area contributed by atoms with E-state index in [0.29, 0.717) is 6.04 Å². The van der Waals surface area contributed by atoms with Crippen molar-refractivity contribution in [1.82, 2.24) is 0 Å². The van der Waals surface area contributed by atoms with Gasteiger partial charge in [-0.1, -0.05) is 42.5 Å². The lowest BCUT2D eigenvalue weighted by molar-refractivity contribution is 0.849. The highest BCUT2D eigenvalue weighted by atomic mass is 14.9. The van der Waals surface area contributed by atoms with Crippen LogP contribution in [0.25, 0.3) is 0 Å². The second-order valence-electron chi connectivity index (χ2n) is 5.28. The quantitative estimate of drug-likeness (QED) is 0.869. The van der Waals surface area contributed by atoms with Gasteiger partial charge in [0, 0.05) is 11.7 Å². The number of hydrogen-bond donors (Lipinski definition) is 2. The number of nitrogens with two attached hydrogens (primary N) is 1. The molecule has 0 aliphatic heterocycles. The first-order chi connectivity index (χ1) is 9.08. The normalized spacial score (nSPS) is 12.5.